The van der Waals surface area contributed by atoms with Gasteiger partial charge in [-0.2, -0.15) is 0 Å². The van der Waals surface area contributed by atoms with Crippen LogP contribution >= 0.6 is 22.7 Å². The maximum atomic E-state index is 4.48. The summed E-state index contributed by atoms with van der Waals surface area (Å²) in [6.45, 7) is 10.1. The van der Waals surface area contributed by atoms with E-state index < -0.39 is 0 Å². The van der Waals surface area contributed by atoms with Gasteiger partial charge in [-0.05, 0) is 20.8 Å². The highest BCUT2D eigenvalue weighted by molar-refractivity contribution is 7.15. The molecule has 0 saturated heterocycles. The molecule has 0 amide bonds. The molecule has 2 aromatic rings. The normalized spacial score (nSPS) is 10.9. The van der Waals surface area contributed by atoms with E-state index in [9.17, 15) is 0 Å². The minimum Gasteiger partial charge on any atom is -0.349 e. The summed E-state index contributed by atoms with van der Waals surface area (Å²) < 4.78 is 0. The van der Waals surface area contributed by atoms with Gasteiger partial charge in [-0.15, -0.1) is 22.7 Å². The molecule has 6 heteroatoms. The van der Waals surface area contributed by atoms with Gasteiger partial charge in [-0.1, -0.05) is 0 Å². The Labute approximate surface area is 122 Å². The molecule has 0 radical (unpaired) electrons. The van der Waals surface area contributed by atoms with Crippen molar-refractivity contribution in [1.29, 1.82) is 0 Å². The van der Waals surface area contributed by atoms with Crippen LogP contribution in [0, 0.1) is 6.92 Å². The summed E-state index contributed by atoms with van der Waals surface area (Å²) in [5.74, 6) is 0. The molecule has 0 unspecified atom stereocenters. The van der Waals surface area contributed by atoms with Gasteiger partial charge in [0.25, 0.3) is 0 Å². The Hall–Kier alpha value is -0.980. The lowest BCUT2D eigenvalue weighted by molar-refractivity contribution is 0.696. The third-order valence-electron chi connectivity index (χ3n) is 2.82. The first-order valence-corrected chi connectivity index (χ1v) is 8.17. The van der Waals surface area contributed by atoms with Crippen LogP contribution in [0.25, 0.3) is 0 Å². The van der Waals surface area contributed by atoms with Gasteiger partial charge in [-0.3, -0.25) is 0 Å². The summed E-state index contributed by atoms with van der Waals surface area (Å²) in [6.07, 6.45) is 3.89. The van der Waals surface area contributed by atoms with Crippen LogP contribution in [0.2, 0.25) is 0 Å². The average molecular weight is 296 g/mol. The topological polar surface area (TPSA) is 41.1 Å². The van der Waals surface area contributed by atoms with E-state index in [-0.39, 0.29) is 0 Å². The fourth-order valence-corrected chi connectivity index (χ4v) is 3.56. The van der Waals surface area contributed by atoms with Gasteiger partial charge in [0.2, 0.25) is 0 Å². The number of hydrogen-bond acceptors (Lipinski definition) is 6. The summed E-state index contributed by atoms with van der Waals surface area (Å²) in [5.41, 5.74) is 0. The monoisotopic (exact) mass is 296 g/mol. The largest absolute Gasteiger partial charge is 0.349 e. The quantitative estimate of drug-likeness (QED) is 0.852. The van der Waals surface area contributed by atoms with E-state index in [0.717, 1.165) is 36.3 Å². The molecular weight excluding hydrogens is 276 g/mol. The summed E-state index contributed by atoms with van der Waals surface area (Å²) in [5, 5.41) is 5.68. The zero-order valence-corrected chi connectivity index (χ0v) is 13.3. The van der Waals surface area contributed by atoms with Crippen LogP contribution in [0.3, 0.4) is 0 Å². The van der Waals surface area contributed by atoms with Crippen molar-refractivity contribution < 1.29 is 0 Å². The first kappa shape index (κ1) is 14.4. The molecule has 0 aliphatic carbocycles. The molecule has 2 heterocycles. The molecule has 0 spiro atoms. The lowest BCUT2D eigenvalue weighted by atomic mass is 10.5. The number of aromatic nitrogens is 2. The van der Waals surface area contributed by atoms with Gasteiger partial charge in [-0.25, -0.2) is 9.97 Å². The van der Waals surface area contributed by atoms with Crippen molar-refractivity contribution in [2.24, 2.45) is 0 Å². The van der Waals surface area contributed by atoms with E-state index in [0.29, 0.717) is 0 Å². The van der Waals surface area contributed by atoms with Crippen molar-refractivity contribution in [1.82, 2.24) is 15.3 Å². The first-order chi connectivity index (χ1) is 9.22. The van der Waals surface area contributed by atoms with Crippen LogP contribution in [0.4, 0.5) is 5.13 Å². The van der Waals surface area contributed by atoms with Crippen LogP contribution < -0.4 is 10.2 Å². The minimum absolute atomic E-state index is 0.830. The number of thiazole rings is 2. The van der Waals surface area contributed by atoms with E-state index in [2.05, 4.69) is 41.0 Å². The number of anilines is 1. The zero-order valence-electron chi connectivity index (χ0n) is 11.6. The molecule has 4 nitrogen and oxygen atoms in total. The Kier molecular flexibility index (Phi) is 5.30. The highest BCUT2D eigenvalue weighted by Crippen LogP contribution is 2.22. The van der Waals surface area contributed by atoms with Crippen molar-refractivity contribution >= 4 is 27.8 Å². The standard InChI is InChI=1S/C13H20N4S2/c1-4-17(5-2)13-16-8-11(19-13)7-14-9-12-15-6-10(3)18-12/h6,8,14H,4-5,7,9H2,1-3H3. The zero-order chi connectivity index (χ0) is 13.7. The summed E-state index contributed by atoms with van der Waals surface area (Å²) in [6, 6.07) is 0. The Bertz CT molecular complexity index is 502. The molecule has 0 aromatic carbocycles. The van der Waals surface area contributed by atoms with Crippen LogP contribution in [0.5, 0.6) is 0 Å². The van der Waals surface area contributed by atoms with Gasteiger partial charge < -0.3 is 10.2 Å². The molecule has 0 bridgehead atoms. The smallest absolute Gasteiger partial charge is 0.185 e. The van der Waals surface area contributed by atoms with Gasteiger partial charge in [0.1, 0.15) is 5.01 Å². The molecule has 0 atom stereocenters. The Morgan fingerprint density at radius 3 is 2.53 bits per heavy atom. The van der Waals surface area contributed by atoms with Crippen molar-refractivity contribution in [3.8, 4) is 0 Å². The lowest BCUT2D eigenvalue weighted by Crippen LogP contribution is -2.21. The van der Waals surface area contributed by atoms with Gasteiger partial charge in [0, 0.05) is 48.3 Å². The van der Waals surface area contributed by atoms with Crippen molar-refractivity contribution in [2.45, 2.75) is 33.9 Å². The predicted octanol–water partition coefficient (Wildman–Crippen LogP) is 3.04. The Morgan fingerprint density at radius 2 is 1.89 bits per heavy atom. The molecule has 0 aliphatic rings. The molecule has 1 N–H and O–H groups in total. The van der Waals surface area contributed by atoms with E-state index in [1.165, 1.54) is 9.75 Å². The number of nitrogens with zero attached hydrogens (tertiary/aromatic N) is 3. The number of nitrogens with one attached hydrogen (secondary N) is 1. The fourth-order valence-electron chi connectivity index (χ4n) is 1.80. The van der Waals surface area contributed by atoms with E-state index in [1.54, 1.807) is 22.7 Å². The Balaban J connectivity index is 1.83. The minimum atomic E-state index is 0.830. The van der Waals surface area contributed by atoms with Crippen molar-refractivity contribution in [2.75, 3.05) is 18.0 Å². The highest BCUT2D eigenvalue weighted by atomic mass is 32.1. The molecule has 0 saturated carbocycles. The molecule has 0 aliphatic heterocycles. The predicted molar refractivity (Wildman–Crippen MR) is 83.1 cm³/mol. The molecular formula is C13H20N4S2. The highest BCUT2D eigenvalue weighted by Gasteiger charge is 2.07. The summed E-state index contributed by atoms with van der Waals surface area (Å²) in [7, 11) is 0. The SMILES string of the molecule is CCN(CC)c1ncc(CNCc2ncc(C)s2)s1. The summed E-state index contributed by atoms with van der Waals surface area (Å²) >= 11 is 3.51. The molecule has 2 aromatic heterocycles. The second-order valence-electron chi connectivity index (χ2n) is 4.25. The number of hydrogen-bond donors (Lipinski definition) is 1. The maximum Gasteiger partial charge on any atom is 0.185 e. The van der Waals surface area contributed by atoms with Gasteiger partial charge in [0.15, 0.2) is 5.13 Å². The second-order valence-corrected chi connectivity index (χ2v) is 6.66. The Morgan fingerprint density at radius 1 is 1.11 bits per heavy atom. The van der Waals surface area contributed by atoms with Gasteiger partial charge in [0.05, 0.1) is 0 Å². The third-order valence-corrected chi connectivity index (χ3v) is 4.79. The van der Waals surface area contributed by atoms with Crippen molar-refractivity contribution in [3.63, 3.8) is 0 Å². The molecule has 0 fully saturated rings. The van der Waals surface area contributed by atoms with Gasteiger partial charge >= 0.3 is 0 Å². The maximum absolute atomic E-state index is 4.48. The van der Waals surface area contributed by atoms with Crippen LogP contribution in [-0.2, 0) is 13.1 Å². The molecule has 2 rings (SSSR count). The van der Waals surface area contributed by atoms with E-state index in [4.69, 9.17) is 0 Å². The number of rotatable bonds is 7. The second kappa shape index (κ2) is 6.98. The fraction of sp³-hybridized carbons (Fsp3) is 0.538. The average Bonchev–Trinajstić information content (AvgIpc) is 3.01. The van der Waals surface area contributed by atoms with Crippen LogP contribution in [-0.4, -0.2) is 23.1 Å². The van der Waals surface area contributed by atoms with E-state index in [1.807, 2.05) is 12.4 Å². The molecule has 19 heavy (non-hydrogen) atoms. The lowest BCUT2D eigenvalue weighted by Gasteiger charge is -2.16. The number of aryl methyl sites for hydroxylation is 1. The van der Waals surface area contributed by atoms with Crippen LogP contribution in [0.15, 0.2) is 12.4 Å². The first-order valence-electron chi connectivity index (χ1n) is 6.54. The van der Waals surface area contributed by atoms with E-state index >= 15 is 0 Å². The summed E-state index contributed by atoms with van der Waals surface area (Å²) in [4.78, 5) is 13.6. The van der Waals surface area contributed by atoms with Crippen molar-refractivity contribution in [3.05, 3.63) is 27.2 Å². The van der Waals surface area contributed by atoms with Crippen LogP contribution in [0.1, 0.15) is 28.6 Å². The third kappa shape index (κ3) is 3.99. The molecule has 104 valence electrons.